The Morgan fingerprint density at radius 3 is 2.09 bits per heavy atom. The van der Waals surface area contributed by atoms with Crippen molar-refractivity contribution >= 4 is 64.1 Å². The van der Waals surface area contributed by atoms with Crippen molar-refractivity contribution in [1.29, 1.82) is 0 Å². The Hall–Kier alpha value is -6.83. The molecule has 0 radical (unpaired) electrons. The average molecular weight is 914 g/mol. The van der Waals surface area contributed by atoms with Crippen LogP contribution in [0, 0.1) is 5.92 Å². The number of carbonyl (C=O) groups is 9. The first kappa shape index (κ1) is 50.2. The van der Waals surface area contributed by atoms with E-state index in [2.05, 4.69) is 47.5 Å². The lowest BCUT2D eigenvalue weighted by Gasteiger charge is -2.25. The molecule has 5 atom stereocenters. The summed E-state index contributed by atoms with van der Waals surface area (Å²) in [4.78, 5) is 124. The third-order valence-electron chi connectivity index (χ3n) is 11.8. The van der Waals surface area contributed by atoms with Crippen LogP contribution in [0.15, 0.2) is 60.8 Å². The molecule has 20 nitrogen and oxygen atoms in total. The summed E-state index contributed by atoms with van der Waals surface area (Å²) in [5.41, 5.74) is 13.7. The number of primary amides is 1. The normalized spacial score (nSPS) is 22.7. The lowest BCUT2D eigenvalue weighted by atomic mass is 9.87. The van der Waals surface area contributed by atoms with Crippen LogP contribution in [-0.2, 0) is 56.0 Å². The molecule has 2 aromatic carbocycles. The van der Waals surface area contributed by atoms with Crippen LogP contribution in [-0.4, -0.2) is 115 Å². The molecule has 9 amide bonds. The molecule has 1 aliphatic carbocycles. The molecule has 3 unspecified atom stereocenters. The predicted octanol–water partition coefficient (Wildman–Crippen LogP) is -0.896. The fourth-order valence-electron chi connectivity index (χ4n) is 8.18. The van der Waals surface area contributed by atoms with Gasteiger partial charge in [0.25, 0.3) is 0 Å². The largest absolute Gasteiger partial charge is 0.368 e. The summed E-state index contributed by atoms with van der Waals surface area (Å²) in [6.07, 6.45) is 7.07. The molecule has 356 valence electrons. The monoisotopic (exact) mass is 913 g/mol. The van der Waals surface area contributed by atoms with Gasteiger partial charge in [0.2, 0.25) is 53.2 Å². The summed E-state index contributed by atoms with van der Waals surface area (Å²) in [5.74, 6) is -6.21. The number of amides is 9. The summed E-state index contributed by atoms with van der Waals surface area (Å²) in [5, 5.41) is 21.7. The van der Waals surface area contributed by atoms with Gasteiger partial charge in [0.05, 0.1) is 19.5 Å². The van der Waals surface area contributed by atoms with Gasteiger partial charge < -0.3 is 59.0 Å². The zero-order valence-electron chi connectivity index (χ0n) is 37.1. The molecule has 13 N–H and O–H groups in total. The number of nitrogens with one attached hydrogen (secondary N) is 9. The van der Waals surface area contributed by atoms with E-state index in [4.69, 9.17) is 11.5 Å². The van der Waals surface area contributed by atoms with Crippen molar-refractivity contribution < 1.29 is 43.2 Å². The number of nitrogens with two attached hydrogens (primary N) is 2. The summed E-state index contributed by atoms with van der Waals surface area (Å²) in [6, 6.07) is 9.62. The van der Waals surface area contributed by atoms with Gasteiger partial charge in [-0.25, -0.2) is 0 Å². The SMILES string of the molecule is NCC[C@@H]1NC(=O)C(NC(=O)CNC(=O)CC2CCCCC2)CC(=O)NCCCCC(C(N)=O)NC(=O)[C@H](Cc2c[nH]c3ccccc23)NC(=O)CNC(=O)C(Cc2ccccc2)NC1=O. The predicted molar refractivity (Wildman–Crippen MR) is 243 cm³/mol. The molecular weight excluding hydrogens is 851 g/mol. The smallest absolute Gasteiger partial charge is 0.243 e. The molecule has 0 bridgehead atoms. The van der Waals surface area contributed by atoms with Gasteiger partial charge in [0, 0.05) is 42.9 Å². The molecule has 2 fully saturated rings. The van der Waals surface area contributed by atoms with Gasteiger partial charge in [-0.3, -0.25) is 43.2 Å². The number of para-hydroxylation sites is 1. The Bertz CT molecular complexity index is 2180. The second-order valence-electron chi connectivity index (χ2n) is 16.9. The average Bonchev–Trinajstić information content (AvgIpc) is 3.71. The van der Waals surface area contributed by atoms with Crippen molar-refractivity contribution in [1.82, 2.24) is 47.5 Å². The van der Waals surface area contributed by atoms with Crippen LogP contribution >= 0.6 is 0 Å². The van der Waals surface area contributed by atoms with Gasteiger partial charge in [-0.2, -0.15) is 0 Å². The van der Waals surface area contributed by atoms with Gasteiger partial charge in [-0.1, -0.05) is 67.8 Å². The Morgan fingerprint density at radius 1 is 0.667 bits per heavy atom. The number of fused-ring (bicyclic) bond motifs is 1. The van der Waals surface area contributed by atoms with Crippen LogP contribution in [0.1, 0.15) is 81.8 Å². The van der Waals surface area contributed by atoms with Gasteiger partial charge in [-0.05, 0) is 68.2 Å². The zero-order chi connectivity index (χ0) is 47.4. The number of H-pyrrole nitrogens is 1. The highest BCUT2D eigenvalue weighted by atomic mass is 16.2. The van der Waals surface area contributed by atoms with Crippen LogP contribution in [0.25, 0.3) is 10.9 Å². The van der Waals surface area contributed by atoms with Crippen molar-refractivity contribution in [2.24, 2.45) is 17.4 Å². The quantitative estimate of drug-likeness (QED) is 0.106. The number of benzene rings is 2. The highest BCUT2D eigenvalue weighted by Gasteiger charge is 2.32. The van der Waals surface area contributed by atoms with Crippen molar-refractivity contribution in [3.05, 3.63) is 71.9 Å². The lowest BCUT2D eigenvalue weighted by Crippen LogP contribution is -2.59. The third-order valence-corrected chi connectivity index (χ3v) is 11.8. The Kier molecular flexibility index (Phi) is 19.5. The fraction of sp³-hybridized carbons (Fsp3) is 0.500. The molecule has 0 spiro atoms. The maximum atomic E-state index is 13.9. The van der Waals surface area contributed by atoms with Crippen molar-refractivity contribution in [3.63, 3.8) is 0 Å². The summed E-state index contributed by atoms with van der Waals surface area (Å²) < 4.78 is 0. The molecular formula is C46H63N11O9. The number of aromatic nitrogens is 1. The second kappa shape index (κ2) is 25.6. The minimum Gasteiger partial charge on any atom is -0.368 e. The van der Waals surface area contributed by atoms with E-state index < -0.39 is 97.0 Å². The minimum atomic E-state index is -1.50. The number of hydrogen-bond donors (Lipinski definition) is 11. The summed E-state index contributed by atoms with van der Waals surface area (Å²) in [6.45, 7) is -1.07. The third kappa shape index (κ3) is 16.0. The van der Waals surface area contributed by atoms with Gasteiger partial charge >= 0.3 is 0 Å². The first-order valence-corrected chi connectivity index (χ1v) is 22.7. The standard InChI is InChI=1S/C46H63N11O9/c47-19-18-34-44(64)57-35(21-28-11-3-1-4-12-28)43(63)52-27-41(61)53-36(23-30-25-50-32-16-8-7-15-31(30)32)45(65)55-33(42(48)62)17-9-10-20-49-39(59)24-37(46(66)56-34)54-40(60)26-51-38(58)22-29-13-5-2-6-14-29/h1,3-4,7-8,11-12,15-16,25,29,33-37,50H,2,5-6,9-10,13-14,17-24,26-27,47H2,(H2,48,62)(H,49,59)(H,51,58)(H,52,63)(H,53,61)(H,54,60)(H,55,65)(H,56,66)(H,57,64)/t33?,34-,35?,36-,37?/m0/s1. The van der Waals surface area contributed by atoms with E-state index in [0.29, 0.717) is 24.0 Å². The van der Waals surface area contributed by atoms with Gasteiger partial charge in [0.15, 0.2) is 0 Å². The molecule has 2 heterocycles. The number of aromatic amines is 1. The Balaban J connectivity index is 1.36. The van der Waals surface area contributed by atoms with Gasteiger partial charge in [-0.15, -0.1) is 0 Å². The number of rotatable bonds is 12. The van der Waals surface area contributed by atoms with E-state index >= 15 is 0 Å². The molecule has 66 heavy (non-hydrogen) atoms. The maximum Gasteiger partial charge on any atom is 0.243 e. The second-order valence-corrected chi connectivity index (χ2v) is 16.9. The first-order chi connectivity index (χ1) is 31.8. The number of carbonyl (C=O) groups excluding carboxylic acids is 9. The summed E-state index contributed by atoms with van der Waals surface area (Å²) >= 11 is 0. The van der Waals surface area contributed by atoms with Crippen molar-refractivity contribution in [2.45, 2.75) is 114 Å². The molecule has 5 rings (SSSR count). The van der Waals surface area contributed by atoms with Crippen LogP contribution in [0.4, 0.5) is 0 Å². The molecule has 2 aliphatic rings. The molecule has 3 aromatic rings. The molecule has 20 heteroatoms. The highest BCUT2D eigenvalue weighted by Crippen LogP contribution is 2.26. The molecule has 1 aromatic heterocycles. The van der Waals surface area contributed by atoms with Crippen LogP contribution in [0.5, 0.6) is 0 Å². The van der Waals surface area contributed by atoms with E-state index in [1.54, 1.807) is 36.5 Å². The zero-order valence-corrected chi connectivity index (χ0v) is 37.1. The Labute approximate surface area is 383 Å². The maximum absolute atomic E-state index is 13.9. The van der Waals surface area contributed by atoms with E-state index in [9.17, 15) is 43.2 Å². The molecule has 1 aliphatic heterocycles. The van der Waals surface area contributed by atoms with E-state index in [-0.39, 0.29) is 57.0 Å². The molecule has 1 saturated carbocycles. The minimum absolute atomic E-state index is 0.00446. The lowest BCUT2D eigenvalue weighted by molar-refractivity contribution is -0.135. The Morgan fingerprint density at radius 2 is 1.35 bits per heavy atom. The van der Waals surface area contributed by atoms with Crippen molar-refractivity contribution in [2.75, 3.05) is 26.2 Å². The van der Waals surface area contributed by atoms with E-state index in [0.717, 1.165) is 43.0 Å². The van der Waals surface area contributed by atoms with Gasteiger partial charge in [0.1, 0.15) is 30.2 Å². The number of hydrogen-bond acceptors (Lipinski definition) is 10. The van der Waals surface area contributed by atoms with Crippen LogP contribution < -0.4 is 54.0 Å². The van der Waals surface area contributed by atoms with Crippen LogP contribution in [0.3, 0.4) is 0 Å². The first-order valence-electron chi connectivity index (χ1n) is 22.7. The fourth-order valence-corrected chi connectivity index (χ4v) is 8.18. The highest BCUT2D eigenvalue weighted by molar-refractivity contribution is 5.98. The molecule has 1 saturated heterocycles. The van der Waals surface area contributed by atoms with Crippen LogP contribution in [0.2, 0.25) is 0 Å². The van der Waals surface area contributed by atoms with Crippen molar-refractivity contribution in [3.8, 4) is 0 Å². The van der Waals surface area contributed by atoms with E-state index in [1.807, 2.05) is 24.3 Å². The van der Waals surface area contributed by atoms with E-state index in [1.165, 1.54) is 0 Å². The topological polar surface area (TPSA) is 318 Å². The summed E-state index contributed by atoms with van der Waals surface area (Å²) in [7, 11) is 0.